The van der Waals surface area contributed by atoms with Crippen molar-refractivity contribution in [3.05, 3.63) is 22.4 Å². The highest BCUT2D eigenvalue weighted by Crippen LogP contribution is 2.30. The molecule has 0 spiro atoms. The van der Waals surface area contributed by atoms with Crippen LogP contribution in [0.3, 0.4) is 0 Å². The molecule has 0 aliphatic heterocycles. The van der Waals surface area contributed by atoms with Gasteiger partial charge in [0.15, 0.2) is 0 Å². The molecule has 2 aromatic heterocycles. The van der Waals surface area contributed by atoms with Crippen LogP contribution in [0.1, 0.15) is 29.9 Å². The molecule has 2 aromatic rings. The zero-order chi connectivity index (χ0) is 12.5. The lowest BCUT2D eigenvalue weighted by Gasteiger charge is -2.20. The number of hydrogen-bond donors (Lipinski definition) is 1. The van der Waals surface area contributed by atoms with E-state index >= 15 is 0 Å². The molecule has 1 N–H and O–H groups in total. The molecule has 0 radical (unpaired) electrons. The van der Waals surface area contributed by atoms with E-state index in [-0.39, 0.29) is 5.91 Å². The van der Waals surface area contributed by atoms with Gasteiger partial charge in [-0.2, -0.15) is 5.26 Å². The number of rotatable bonds is 3. The SMILES string of the molecule is CCC(C)(C#N)NC(=O)c1cc2sccc2s1. The highest BCUT2D eigenvalue weighted by molar-refractivity contribution is 7.27. The molecule has 2 heterocycles. The van der Waals surface area contributed by atoms with Crippen LogP contribution in [0.25, 0.3) is 9.40 Å². The van der Waals surface area contributed by atoms with Gasteiger partial charge in [0, 0.05) is 9.40 Å². The summed E-state index contributed by atoms with van der Waals surface area (Å²) in [6, 6.07) is 6.02. The number of fused-ring (bicyclic) bond motifs is 1. The highest BCUT2D eigenvalue weighted by Gasteiger charge is 2.25. The largest absolute Gasteiger partial charge is 0.333 e. The van der Waals surface area contributed by atoms with Crippen LogP contribution in [0, 0.1) is 11.3 Å². The minimum absolute atomic E-state index is 0.163. The van der Waals surface area contributed by atoms with E-state index in [1.54, 1.807) is 18.3 Å². The van der Waals surface area contributed by atoms with Crippen LogP contribution in [-0.2, 0) is 0 Å². The Kier molecular flexibility index (Phi) is 3.18. The minimum atomic E-state index is -0.783. The predicted octanol–water partition coefficient (Wildman–Crippen LogP) is 3.38. The van der Waals surface area contributed by atoms with Gasteiger partial charge in [-0.25, -0.2) is 0 Å². The molecule has 0 saturated carbocycles. The number of thiophene rings is 2. The first kappa shape index (κ1) is 12.1. The second-order valence-corrected chi connectivity index (χ2v) is 6.04. The van der Waals surface area contributed by atoms with Gasteiger partial charge in [0.25, 0.3) is 5.91 Å². The summed E-state index contributed by atoms with van der Waals surface area (Å²) in [5.41, 5.74) is -0.783. The number of carbonyl (C=O) groups is 1. The van der Waals surface area contributed by atoms with Crippen LogP contribution in [0.15, 0.2) is 17.5 Å². The lowest BCUT2D eigenvalue weighted by molar-refractivity contribution is 0.0927. The number of nitrogens with zero attached hydrogens (tertiary/aromatic N) is 1. The fourth-order valence-corrected chi connectivity index (χ4v) is 3.39. The normalized spacial score (nSPS) is 14.2. The van der Waals surface area contributed by atoms with E-state index in [0.717, 1.165) is 9.40 Å². The first-order valence-corrected chi connectivity index (χ1v) is 6.98. The van der Waals surface area contributed by atoms with Crippen molar-refractivity contribution in [1.29, 1.82) is 5.26 Å². The van der Waals surface area contributed by atoms with Crippen molar-refractivity contribution >= 4 is 38.0 Å². The monoisotopic (exact) mass is 264 g/mol. The molecule has 0 aromatic carbocycles. The third-order valence-corrected chi connectivity index (χ3v) is 4.80. The molecule has 1 amide bonds. The van der Waals surface area contributed by atoms with Gasteiger partial charge >= 0.3 is 0 Å². The first-order chi connectivity index (χ1) is 8.08. The molecule has 3 nitrogen and oxygen atoms in total. The van der Waals surface area contributed by atoms with Gasteiger partial charge in [-0.3, -0.25) is 4.79 Å². The van der Waals surface area contributed by atoms with Crippen molar-refractivity contribution in [2.75, 3.05) is 0 Å². The van der Waals surface area contributed by atoms with Crippen molar-refractivity contribution in [3.8, 4) is 6.07 Å². The summed E-state index contributed by atoms with van der Waals surface area (Å²) >= 11 is 3.08. The number of amides is 1. The van der Waals surface area contributed by atoms with E-state index in [2.05, 4.69) is 11.4 Å². The van der Waals surface area contributed by atoms with Crippen molar-refractivity contribution in [2.24, 2.45) is 0 Å². The van der Waals surface area contributed by atoms with E-state index in [9.17, 15) is 4.79 Å². The quantitative estimate of drug-likeness (QED) is 0.924. The van der Waals surface area contributed by atoms with Crippen LogP contribution in [0.2, 0.25) is 0 Å². The van der Waals surface area contributed by atoms with Crippen molar-refractivity contribution < 1.29 is 4.79 Å². The van der Waals surface area contributed by atoms with Crippen molar-refractivity contribution in [2.45, 2.75) is 25.8 Å². The Morgan fingerprint density at radius 2 is 2.35 bits per heavy atom. The fourth-order valence-electron chi connectivity index (χ4n) is 1.39. The standard InChI is InChI=1S/C12H12N2OS2/c1-3-12(2,7-13)14-11(15)10-6-9-8(17-10)4-5-16-9/h4-6H,3H2,1-2H3,(H,14,15). The van der Waals surface area contributed by atoms with Gasteiger partial charge in [-0.05, 0) is 30.9 Å². The molecular formula is C12H12N2OS2. The van der Waals surface area contributed by atoms with Gasteiger partial charge < -0.3 is 5.32 Å². The topological polar surface area (TPSA) is 52.9 Å². The zero-order valence-electron chi connectivity index (χ0n) is 9.61. The van der Waals surface area contributed by atoms with Crippen LogP contribution in [-0.4, -0.2) is 11.4 Å². The van der Waals surface area contributed by atoms with Gasteiger partial charge in [-0.15, -0.1) is 22.7 Å². The Balaban J connectivity index is 2.21. The summed E-state index contributed by atoms with van der Waals surface area (Å²) in [7, 11) is 0. The number of hydrogen-bond acceptors (Lipinski definition) is 4. The summed E-state index contributed by atoms with van der Waals surface area (Å²) in [4.78, 5) is 12.7. The summed E-state index contributed by atoms with van der Waals surface area (Å²) in [5.74, 6) is -0.163. The Hall–Kier alpha value is -1.38. The Morgan fingerprint density at radius 1 is 1.59 bits per heavy atom. The number of carbonyl (C=O) groups excluding carboxylic acids is 1. The molecule has 5 heteroatoms. The lowest BCUT2D eigenvalue weighted by atomic mass is 10.0. The van der Waals surface area contributed by atoms with E-state index in [4.69, 9.17) is 5.26 Å². The summed E-state index contributed by atoms with van der Waals surface area (Å²) in [6.07, 6.45) is 0.592. The molecule has 0 fully saturated rings. The maximum atomic E-state index is 12.0. The van der Waals surface area contributed by atoms with Crippen LogP contribution < -0.4 is 5.32 Å². The molecule has 17 heavy (non-hydrogen) atoms. The maximum absolute atomic E-state index is 12.0. The van der Waals surface area contributed by atoms with Gasteiger partial charge in [0.2, 0.25) is 0 Å². The average Bonchev–Trinajstić information content (AvgIpc) is 2.88. The summed E-state index contributed by atoms with van der Waals surface area (Å²) in [5, 5.41) is 13.8. The molecule has 0 aliphatic carbocycles. The van der Waals surface area contributed by atoms with E-state index < -0.39 is 5.54 Å². The van der Waals surface area contributed by atoms with Gasteiger partial charge in [0.1, 0.15) is 5.54 Å². The molecule has 0 bridgehead atoms. The summed E-state index contributed by atoms with van der Waals surface area (Å²) < 4.78 is 2.24. The fraction of sp³-hybridized carbons (Fsp3) is 0.333. The van der Waals surface area contributed by atoms with E-state index in [1.807, 2.05) is 24.4 Å². The zero-order valence-corrected chi connectivity index (χ0v) is 11.2. The molecule has 0 saturated heterocycles. The number of nitrogens with one attached hydrogen (secondary N) is 1. The molecule has 1 atom stereocenters. The van der Waals surface area contributed by atoms with Crippen LogP contribution in [0.5, 0.6) is 0 Å². The lowest BCUT2D eigenvalue weighted by Crippen LogP contribution is -2.43. The van der Waals surface area contributed by atoms with E-state index in [1.165, 1.54) is 11.3 Å². The molecule has 1 unspecified atom stereocenters. The third kappa shape index (κ3) is 2.33. The van der Waals surface area contributed by atoms with Crippen molar-refractivity contribution in [3.63, 3.8) is 0 Å². The number of nitriles is 1. The van der Waals surface area contributed by atoms with Gasteiger partial charge in [0.05, 0.1) is 10.9 Å². The Morgan fingerprint density at radius 3 is 2.94 bits per heavy atom. The molecule has 2 rings (SSSR count). The van der Waals surface area contributed by atoms with E-state index in [0.29, 0.717) is 11.3 Å². The summed E-state index contributed by atoms with van der Waals surface area (Å²) in [6.45, 7) is 3.62. The third-order valence-electron chi connectivity index (χ3n) is 2.71. The first-order valence-electron chi connectivity index (χ1n) is 5.29. The second kappa shape index (κ2) is 4.47. The Labute approximate surface area is 108 Å². The molecular weight excluding hydrogens is 252 g/mol. The average molecular weight is 264 g/mol. The van der Waals surface area contributed by atoms with Crippen LogP contribution >= 0.6 is 22.7 Å². The highest BCUT2D eigenvalue weighted by atomic mass is 32.1. The van der Waals surface area contributed by atoms with Crippen molar-refractivity contribution in [1.82, 2.24) is 5.32 Å². The minimum Gasteiger partial charge on any atom is -0.333 e. The van der Waals surface area contributed by atoms with Gasteiger partial charge in [-0.1, -0.05) is 6.92 Å². The molecule has 88 valence electrons. The van der Waals surface area contributed by atoms with Crippen LogP contribution in [0.4, 0.5) is 0 Å². The molecule has 0 aliphatic rings. The second-order valence-electron chi connectivity index (χ2n) is 4.01. The smallest absolute Gasteiger partial charge is 0.262 e. The maximum Gasteiger partial charge on any atom is 0.262 e. The Bertz CT molecular complexity index is 564. The predicted molar refractivity (Wildman–Crippen MR) is 71.5 cm³/mol.